The number of unbranched alkanes of at least 4 members (excludes halogenated alkanes) is 1. The molecule has 0 spiro atoms. The second kappa shape index (κ2) is 6.80. The van der Waals surface area contributed by atoms with Gasteiger partial charge in [-0.2, -0.15) is 0 Å². The summed E-state index contributed by atoms with van der Waals surface area (Å²) in [6.07, 6.45) is 3.64. The Morgan fingerprint density at radius 2 is 1.81 bits per heavy atom. The van der Waals surface area contributed by atoms with E-state index in [-0.39, 0.29) is 11.5 Å². The molecule has 1 nitrogen and oxygen atoms in total. The van der Waals surface area contributed by atoms with E-state index in [0.717, 1.165) is 12.2 Å². The number of ether oxygens (including phenoxy) is 1. The fourth-order valence-corrected chi connectivity index (χ4v) is 1.88. The lowest BCUT2D eigenvalue weighted by atomic mass is 10.1. The smallest absolute Gasteiger partial charge is 0.119 e. The van der Waals surface area contributed by atoms with Gasteiger partial charge in [-0.15, -0.1) is 11.6 Å². The molecule has 1 unspecified atom stereocenters. The van der Waals surface area contributed by atoms with Gasteiger partial charge < -0.3 is 4.74 Å². The minimum absolute atomic E-state index is 0.132. The maximum atomic E-state index is 6.30. The fourth-order valence-electron chi connectivity index (χ4n) is 1.58. The van der Waals surface area contributed by atoms with Gasteiger partial charge in [-0.25, -0.2) is 0 Å². The number of halogens is 1. The zero-order chi connectivity index (χ0) is 12.0. The lowest BCUT2D eigenvalue weighted by molar-refractivity contribution is 0.242. The molecule has 0 saturated heterocycles. The van der Waals surface area contributed by atoms with Gasteiger partial charge in [-0.05, 0) is 38.0 Å². The molecule has 0 saturated carbocycles. The van der Waals surface area contributed by atoms with Crippen molar-refractivity contribution in [2.24, 2.45) is 0 Å². The van der Waals surface area contributed by atoms with Crippen LogP contribution in [0.25, 0.3) is 0 Å². The van der Waals surface area contributed by atoms with Gasteiger partial charge in [0.25, 0.3) is 0 Å². The first-order chi connectivity index (χ1) is 7.63. The molecule has 2 heteroatoms. The molecule has 1 aromatic rings. The summed E-state index contributed by atoms with van der Waals surface area (Å²) in [5.74, 6) is 0.915. The first kappa shape index (κ1) is 13.4. The van der Waals surface area contributed by atoms with Crippen molar-refractivity contribution in [1.29, 1.82) is 0 Å². The van der Waals surface area contributed by atoms with Gasteiger partial charge in [-0.3, -0.25) is 0 Å². The third-order valence-electron chi connectivity index (χ3n) is 2.42. The van der Waals surface area contributed by atoms with Crippen molar-refractivity contribution in [3.63, 3.8) is 0 Å². The van der Waals surface area contributed by atoms with Crippen molar-refractivity contribution in [2.45, 2.75) is 51.5 Å². The summed E-state index contributed by atoms with van der Waals surface area (Å²) in [6, 6.07) is 8.11. The fraction of sp³-hybridized carbons (Fsp3) is 0.571. The van der Waals surface area contributed by atoms with E-state index >= 15 is 0 Å². The van der Waals surface area contributed by atoms with Crippen LogP contribution in [-0.4, -0.2) is 6.10 Å². The van der Waals surface area contributed by atoms with E-state index in [1.54, 1.807) is 0 Å². The van der Waals surface area contributed by atoms with E-state index in [4.69, 9.17) is 16.3 Å². The van der Waals surface area contributed by atoms with E-state index in [2.05, 4.69) is 19.1 Å². The number of benzene rings is 1. The van der Waals surface area contributed by atoms with E-state index in [0.29, 0.717) is 0 Å². The summed E-state index contributed by atoms with van der Waals surface area (Å²) < 4.78 is 5.59. The number of hydrogen-bond acceptors (Lipinski definition) is 1. The summed E-state index contributed by atoms with van der Waals surface area (Å²) in [6.45, 7) is 6.24. The molecule has 1 atom stereocenters. The minimum Gasteiger partial charge on any atom is -0.491 e. The largest absolute Gasteiger partial charge is 0.491 e. The number of alkyl halides is 1. The topological polar surface area (TPSA) is 9.23 Å². The molecule has 0 amide bonds. The monoisotopic (exact) mass is 240 g/mol. The van der Waals surface area contributed by atoms with Crippen molar-refractivity contribution >= 4 is 11.6 Å². The van der Waals surface area contributed by atoms with Crippen LogP contribution in [0.4, 0.5) is 0 Å². The van der Waals surface area contributed by atoms with Gasteiger partial charge in [0, 0.05) is 0 Å². The average molecular weight is 241 g/mol. The molecule has 1 rings (SSSR count). The van der Waals surface area contributed by atoms with Crippen LogP contribution in [-0.2, 0) is 0 Å². The van der Waals surface area contributed by atoms with Crippen LogP contribution >= 0.6 is 11.6 Å². The highest BCUT2D eigenvalue weighted by Gasteiger charge is 2.07. The second-order valence-electron chi connectivity index (χ2n) is 4.35. The summed E-state index contributed by atoms with van der Waals surface area (Å²) in [5, 5.41) is 0.132. The van der Waals surface area contributed by atoms with Gasteiger partial charge in [0.15, 0.2) is 0 Å². The molecule has 16 heavy (non-hydrogen) atoms. The first-order valence-corrected chi connectivity index (χ1v) is 6.47. The van der Waals surface area contributed by atoms with E-state index in [9.17, 15) is 0 Å². The van der Waals surface area contributed by atoms with E-state index in [1.807, 2.05) is 26.0 Å². The molecular weight excluding hydrogens is 220 g/mol. The third kappa shape index (κ3) is 4.44. The van der Waals surface area contributed by atoms with Crippen LogP contribution in [0.1, 0.15) is 51.0 Å². The van der Waals surface area contributed by atoms with Gasteiger partial charge in [-0.1, -0.05) is 31.9 Å². The van der Waals surface area contributed by atoms with Gasteiger partial charge in [0.2, 0.25) is 0 Å². The molecule has 0 fully saturated rings. The Labute approximate surface area is 104 Å². The molecule has 0 N–H and O–H groups in total. The molecule has 0 aliphatic carbocycles. The maximum absolute atomic E-state index is 6.30. The van der Waals surface area contributed by atoms with Crippen molar-refractivity contribution in [2.75, 3.05) is 0 Å². The molecule has 90 valence electrons. The predicted octanol–water partition coefficient (Wildman–Crippen LogP) is 4.94. The van der Waals surface area contributed by atoms with Crippen LogP contribution in [0.2, 0.25) is 0 Å². The standard InChI is InChI=1S/C14H21ClO/c1-4-5-6-14(15)12-7-9-13(10-8-12)16-11(2)3/h7-11,14H,4-6H2,1-3H3. The molecule has 0 aliphatic heterocycles. The van der Waals surface area contributed by atoms with Gasteiger partial charge in [0.1, 0.15) is 5.75 Å². The first-order valence-electron chi connectivity index (χ1n) is 6.04. The summed E-state index contributed by atoms with van der Waals surface area (Å²) >= 11 is 6.30. The van der Waals surface area contributed by atoms with Gasteiger partial charge >= 0.3 is 0 Å². The third-order valence-corrected chi connectivity index (χ3v) is 2.89. The van der Waals surface area contributed by atoms with Crippen LogP contribution in [0.5, 0.6) is 5.75 Å². The molecule has 0 bridgehead atoms. The zero-order valence-electron chi connectivity index (χ0n) is 10.4. The van der Waals surface area contributed by atoms with Crippen LogP contribution in [0.3, 0.4) is 0 Å². The quantitative estimate of drug-likeness (QED) is 0.640. The summed E-state index contributed by atoms with van der Waals surface area (Å²) in [4.78, 5) is 0. The molecular formula is C14H21ClO. The van der Waals surface area contributed by atoms with Crippen molar-refractivity contribution in [3.8, 4) is 5.75 Å². The molecule has 1 aromatic carbocycles. The van der Waals surface area contributed by atoms with Gasteiger partial charge in [0.05, 0.1) is 11.5 Å². The van der Waals surface area contributed by atoms with E-state index in [1.165, 1.54) is 18.4 Å². The Balaban J connectivity index is 2.56. The molecule has 0 radical (unpaired) electrons. The zero-order valence-corrected chi connectivity index (χ0v) is 11.1. The number of hydrogen-bond donors (Lipinski definition) is 0. The lowest BCUT2D eigenvalue weighted by Crippen LogP contribution is -2.05. The summed E-state index contributed by atoms with van der Waals surface area (Å²) in [5.41, 5.74) is 1.19. The Morgan fingerprint density at radius 3 is 2.31 bits per heavy atom. The SMILES string of the molecule is CCCCC(Cl)c1ccc(OC(C)C)cc1. The van der Waals surface area contributed by atoms with Crippen LogP contribution in [0.15, 0.2) is 24.3 Å². The van der Waals surface area contributed by atoms with Crippen molar-refractivity contribution in [3.05, 3.63) is 29.8 Å². The van der Waals surface area contributed by atoms with E-state index < -0.39 is 0 Å². The number of rotatable bonds is 6. The Bertz CT molecular complexity index is 292. The highest BCUT2D eigenvalue weighted by Crippen LogP contribution is 2.27. The molecule has 0 aliphatic rings. The Kier molecular flexibility index (Phi) is 5.68. The summed E-state index contributed by atoms with van der Waals surface area (Å²) in [7, 11) is 0. The van der Waals surface area contributed by atoms with Crippen molar-refractivity contribution in [1.82, 2.24) is 0 Å². The highest BCUT2D eigenvalue weighted by atomic mass is 35.5. The Morgan fingerprint density at radius 1 is 1.19 bits per heavy atom. The van der Waals surface area contributed by atoms with Crippen molar-refractivity contribution < 1.29 is 4.74 Å². The normalized spacial score (nSPS) is 12.8. The second-order valence-corrected chi connectivity index (χ2v) is 4.87. The Hall–Kier alpha value is -0.690. The predicted molar refractivity (Wildman–Crippen MR) is 70.3 cm³/mol. The maximum Gasteiger partial charge on any atom is 0.119 e. The molecule has 0 aromatic heterocycles. The van der Waals surface area contributed by atoms with Crippen LogP contribution < -0.4 is 4.74 Å². The molecule has 0 heterocycles. The average Bonchev–Trinajstić information content (AvgIpc) is 2.26. The lowest BCUT2D eigenvalue weighted by Gasteiger charge is -2.12. The minimum atomic E-state index is 0.132. The highest BCUT2D eigenvalue weighted by molar-refractivity contribution is 6.20. The van der Waals surface area contributed by atoms with Crippen LogP contribution in [0, 0.1) is 0 Å².